The molecule has 0 atom stereocenters. The molecule has 1 aliphatic rings. The minimum Gasteiger partial charge on any atom is -0.308 e. The molecule has 0 unspecified atom stereocenters. The van der Waals surface area contributed by atoms with Gasteiger partial charge in [-0.2, -0.15) is 0 Å². The number of rotatable bonds is 10. The number of benzene rings is 1. The molecule has 156 valence electrons. The van der Waals surface area contributed by atoms with Gasteiger partial charge in [0.15, 0.2) is 0 Å². The highest BCUT2D eigenvalue weighted by molar-refractivity contribution is 7.87. The fraction of sp³-hybridized carbons (Fsp3) is 0.556. The third kappa shape index (κ3) is 3.61. The summed E-state index contributed by atoms with van der Waals surface area (Å²) in [7, 11) is -8.32. The Bertz CT molecular complexity index is 806. The molecule has 2 rings (SSSR count). The van der Waals surface area contributed by atoms with Gasteiger partial charge in [0.05, 0.1) is 42.7 Å². The zero-order chi connectivity index (χ0) is 21.0. The Hall–Kier alpha value is -0.720. The zero-order valence-corrected chi connectivity index (χ0v) is 19.4. The van der Waals surface area contributed by atoms with E-state index in [9.17, 15) is 9.13 Å². The molecular weight excluding hydrogens is 420 g/mol. The first-order chi connectivity index (χ1) is 13.3. The second-order valence-corrected chi connectivity index (χ2v) is 11.0. The topological polar surface area (TPSA) is 83.4 Å². The number of hydrogen-bond donors (Lipinski definition) is 0. The maximum absolute atomic E-state index is 14.2. The van der Waals surface area contributed by atoms with E-state index >= 15 is 0 Å². The predicted octanol–water partition coefficient (Wildman–Crippen LogP) is 5.74. The Kier molecular flexibility index (Phi) is 7.90. The lowest BCUT2D eigenvalue weighted by molar-refractivity contribution is 0.196. The maximum Gasteiger partial charge on any atom is 0.360 e. The summed E-state index contributed by atoms with van der Waals surface area (Å²) in [4.78, 5) is 2.76. The summed E-state index contributed by atoms with van der Waals surface area (Å²) in [5, 5.41) is 0. The number of fused-ring (bicyclic) bond motifs is 1. The van der Waals surface area contributed by atoms with Crippen molar-refractivity contribution in [2.75, 3.05) is 26.4 Å². The summed E-state index contributed by atoms with van der Waals surface area (Å²) in [6, 6.07) is 7.13. The van der Waals surface area contributed by atoms with Crippen molar-refractivity contribution in [3.05, 3.63) is 29.8 Å². The fourth-order valence-corrected chi connectivity index (χ4v) is 10.1. The van der Waals surface area contributed by atoms with Crippen molar-refractivity contribution in [3.8, 4) is 0 Å². The van der Waals surface area contributed by atoms with Crippen LogP contribution in [-0.2, 0) is 27.2 Å². The average Bonchev–Trinajstić information content (AvgIpc) is 2.62. The average molecular weight is 447 g/mol. The Morgan fingerprint density at radius 1 is 0.893 bits per heavy atom. The normalized spacial score (nSPS) is 16.6. The number of thiocarbonyl (C=S) groups is 1. The molecule has 0 saturated carbocycles. The van der Waals surface area contributed by atoms with Crippen molar-refractivity contribution < 1.29 is 27.2 Å². The van der Waals surface area contributed by atoms with Crippen LogP contribution in [0, 0.1) is 0 Å². The number of aliphatic imine (C=N–C) groups is 1. The van der Waals surface area contributed by atoms with Crippen LogP contribution in [0.2, 0.25) is 0 Å². The number of para-hydroxylation sites is 1. The molecule has 0 N–H and O–H groups in total. The second kappa shape index (κ2) is 9.40. The molecule has 0 amide bonds. The molecule has 10 heteroatoms. The molecule has 0 aliphatic carbocycles. The third-order valence-electron chi connectivity index (χ3n) is 4.25. The molecule has 7 nitrogen and oxygen atoms in total. The van der Waals surface area contributed by atoms with Crippen LogP contribution in [0.4, 0.5) is 5.69 Å². The first kappa shape index (κ1) is 23.6. The van der Waals surface area contributed by atoms with Crippen LogP contribution >= 0.6 is 27.4 Å². The summed E-state index contributed by atoms with van der Waals surface area (Å²) < 4.78 is 50.9. The summed E-state index contributed by atoms with van der Waals surface area (Å²) in [5.41, 5.74) is 1.36. The summed E-state index contributed by atoms with van der Waals surface area (Å²) in [5.74, 6) is 0. The van der Waals surface area contributed by atoms with Crippen molar-refractivity contribution in [3.63, 3.8) is 0 Å². The van der Waals surface area contributed by atoms with E-state index in [1.807, 2.05) is 6.07 Å². The molecule has 0 radical (unpaired) electrons. The first-order valence-electron chi connectivity index (χ1n) is 9.25. The van der Waals surface area contributed by atoms with Gasteiger partial charge in [-0.1, -0.05) is 30.4 Å². The Labute approximate surface area is 171 Å². The smallest absolute Gasteiger partial charge is 0.308 e. The van der Waals surface area contributed by atoms with Crippen LogP contribution in [0.1, 0.15) is 40.2 Å². The SMILES string of the molecule is CCOP(=O)(OCC)C1(P(=O)(OCC)OCC)C(=S)c2ccccc2N=C1C. The molecule has 1 aromatic carbocycles. The molecule has 1 heterocycles. The highest BCUT2D eigenvalue weighted by atomic mass is 32.1. The van der Waals surface area contributed by atoms with E-state index in [1.165, 1.54) is 0 Å². The van der Waals surface area contributed by atoms with E-state index in [2.05, 4.69) is 4.99 Å². The highest BCUT2D eigenvalue weighted by Gasteiger charge is 2.71. The molecule has 0 bridgehead atoms. The molecule has 28 heavy (non-hydrogen) atoms. The largest absolute Gasteiger partial charge is 0.360 e. The van der Waals surface area contributed by atoms with Crippen LogP contribution in [0.25, 0.3) is 0 Å². The van der Waals surface area contributed by atoms with E-state index in [0.29, 0.717) is 11.3 Å². The highest BCUT2D eigenvalue weighted by Crippen LogP contribution is 2.80. The molecule has 1 aromatic rings. The predicted molar refractivity (Wildman–Crippen MR) is 115 cm³/mol. The van der Waals surface area contributed by atoms with Gasteiger partial charge in [-0.05, 0) is 40.7 Å². The van der Waals surface area contributed by atoms with Crippen molar-refractivity contribution in [1.29, 1.82) is 0 Å². The van der Waals surface area contributed by atoms with Crippen LogP contribution in [0.5, 0.6) is 0 Å². The zero-order valence-electron chi connectivity index (χ0n) is 16.8. The Balaban J connectivity index is 2.94. The van der Waals surface area contributed by atoms with Gasteiger partial charge in [-0.3, -0.25) is 14.1 Å². The fourth-order valence-electron chi connectivity index (χ4n) is 3.30. The molecule has 0 fully saturated rings. The molecule has 0 spiro atoms. The van der Waals surface area contributed by atoms with E-state index in [-0.39, 0.29) is 37.0 Å². The number of hydrogen-bond acceptors (Lipinski definition) is 8. The van der Waals surface area contributed by atoms with E-state index in [0.717, 1.165) is 0 Å². The van der Waals surface area contributed by atoms with Gasteiger partial charge in [-0.15, -0.1) is 0 Å². The maximum atomic E-state index is 14.2. The van der Waals surface area contributed by atoms with Crippen molar-refractivity contribution in [1.82, 2.24) is 0 Å². The van der Waals surface area contributed by atoms with E-state index in [1.54, 1.807) is 52.8 Å². The lowest BCUT2D eigenvalue weighted by Gasteiger charge is -2.44. The third-order valence-corrected chi connectivity index (χ3v) is 11.6. The molecule has 0 saturated heterocycles. The first-order valence-corrected chi connectivity index (χ1v) is 12.7. The van der Waals surface area contributed by atoms with Gasteiger partial charge in [0.25, 0.3) is 0 Å². The standard InChI is InChI=1S/C18H27NO6P2S/c1-6-22-26(20,23-7-2)18(27(21,24-8-3)25-9-4)14(5)19-16-13-11-10-12-15(16)17(18)28/h10-13H,6-9H2,1-5H3. The Morgan fingerprint density at radius 2 is 1.32 bits per heavy atom. The van der Waals surface area contributed by atoms with Gasteiger partial charge in [0.2, 0.25) is 4.90 Å². The van der Waals surface area contributed by atoms with E-state index in [4.69, 9.17) is 30.3 Å². The van der Waals surface area contributed by atoms with Gasteiger partial charge in [-0.25, -0.2) is 0 Å². The summed E-state index contributed by atoms with van der Waals surface area (Å²) in [6.45, 7) is 8.58. The lowest BCUT2D eigenvalue weighted by Crippen LogP contribution is -2.48. The van der Waals surface area contributed by atoms with Gasteiger partial charge in [0.1, 0.15) is 0 Å². The van der Waals surface area contributed by atoms with Crippen molar-refractivity contribution >= 4 is 43.7 Å². The lowest BCUT2D eigenvalue weighted by atomic mass is 10.0. The van der Waals surface area contributed by atoms with Crippen LogP contribution in [0.3, 0.4) is 0 Å². The summed E-state index contributed by atoms with van der Waals surface area (Å²) >= 11 is 5.78. The van der Waals surface area contributed by atoms with Gasteiger partial charge < -0.3 is 18.1 Å². The minimum atomic E-state index is -4.16. The minimum absolute atomic E-state index is 0.0643. The van der Waals surface area contributed by atoms with Gasteiger partial charge >= 0.3 is 15.2 Å². The van der Waals surface area contributed by atoms with Crippen molar-refractivity contribution in [2.24, 2.45) is 4.99 Å². The second-order valence-electron chi connectivity index (χ2n) is 5.88. The van der Waals surface area contributed by atoms with Crippen LogP contribution in [0.15, 0.2) is 29.3 Å². The molecule has 1 aliphatic heterocycles. The summed E-state index contributed by atoms with van der Waals surface area (Å²) in [6.07, 6.45) is 0. The van der Waals surface area contributed by atoms with Crippen molar-refractivity contribution in [2.45, 2.75) is 39.5 Å². The quantitative estimate of drug-likeness (QED) is 0.334. The van der Waals surface area contributed by atoms with Crippen LogP contribution in [-0.4, -0.2) is 41.9 Å². The van der Waals surface area contributed by atoms with E-state index < -0.39 is 20.1 Å². The number of nitrogens with zero attached hydrogens (tertiary/aromatic N) is 1. The monoisotopic (exact) mass is 447 g/mol. The molecule has 0 aromatic heterocycles. The molecular formula is C18H27NO6P2S. The van der Waals surface area contributed by atoms with Crippen LogP contribution < -0.4 is 0 Å². The van der Waals surface area contributed by atoms with Gasteiger partial charge in [0, 0.05) is 5.56 Å². The Morgan fingerprint density at radius 3 is 1.75 bits per heavy atom.